The van der Waals surface area contributed by atoms with Crippen molar-refractivity contribution in [1.29, 1.82) is 0 Å². The van der Waals surface area contributed by atoms with Gasteiger partial charge in [0.05, 0.1) is 11.2 Å². The van der Waals surface area contributed by atoms with Crippen LogP contribution in [-0.2, 0) is 14.8 Å². The van der Waals surface area contributed by atoms with E-state index in [4.69, 9.17) is 9.31 Å². The van der Waals surface area contributed by atoms with Crippen molar-refractivity contribution >= 4 is 12.6 Å². The van der Waals surface area contributed by atoms with E-state index >= 15 is 0 Å². The third-order valence-electron chi connectivity index (χ3n) is 6.44. The number of likely N-dealkylation sites (N-methyl/N-ethyl adjacent to an activating group) is 1. The Kier molecular flexibility index (Phi) is 4.82. The molecule has 0 radical (unpaired) electrons. The van der Waals surface area contributed by atoms with Gasteiger partial charge in [0.25, 0.3) is 0 Å². The average Bonchev–Trinajstić information content (AvgIpc) is 2.76. The fourth-order valence-corrected chi connectivity index (χ4v) is 3.58. The third-order valence-corrected chi connectivity index (χ3v) is 6.44. The van der Waals surface area contributed by atoms with Gasteiger partial charge >= 0.3 is 7.12 Å². The first-order valence-electron chi connectivity index (χ1n) is 9.43. The zero-order valence-corrected chi connectivity index (χ0v) is 16.9. The first-order chi connectivity index (χ1) is 11.5. The minimum absolute atomic E-state index is 0.0374. The van der Waals surface area contributed by atoms with Gasteiger partial charge in [0.2, 0.25) is 0 Å². The van der Waals surface area contributed by atoms with Crippen molar-refractivity contribution in [2.45, 2.75) is 58.3 Å². The summed E-state index contributed by atoms with van der Waals surface area (Å²) in [7, 11) is 1.91. The van der Waals surface area contributed by atoms with E-state index in [2.05, 4.69) is 82.7 Å². The van der Waals surface area contributed by atoms with E-state index in [-0.39, 0.29) is 23.9 Å². The highest BCUT2D eigenvalue weighted by atomic mass is 16.7. The van der Waals surface area contributed by atoms with E-state index in [9.17, 15) is 0 Å². The van der Waals surface area contributed by atoms with Crippen molar-refractivity contribution in [3.05, 3.63) is 29.8 Å². The molecule has 0 atom stereocenters. The van der Waals surface area contributed by atoms with E-state index in [0.717, 1.165) is 31.6 Å². The molecule has 0 aliphatic carbocycles. The average molecular weight is 344 g/mol. The van der Waals surface area contributed by atoms with Crippen LogP contribution in [0.4, 0.5) is 0 Å². The maximum absolute atomic E-state index is 6.17. The zero-order chi connectivity index (χ0) is 18.5. The molecule has 4 nitrogen and oxygen atoms in total. The standard InChI is InChI=1S/C20H33BN2O2/c1-18(2,23-14-12-22(7)13-15-23)16-8-10-17(11-9-16)21-24-19(3,4)20(5,6)25-21/h8-11H,12-15H2,1-7H3. The van der Waals surface area contributed by atoms with Gasteiger partial charge < -0.3 is 14.2 Å². The largest absolute Gasteiger partial charge is 0.494 e. The number of nitrogens with zero attached hydrogens (tertiary/aromatic N) is 2. The number of hydrogen-bond acceptors (Lipinski definition) is 4. The van der Waals surface area contributed by atoms with Gasteiger partial charge in [-0.25, -0.2) is 0 Å². The first kappa shape index (κ1) is 18.9. The summed E-state index contributed by atoms with van der Waals surface area (Å²) in [5, 5.41) is 0. The Morgan fingerprint density at radius 1 is 0.880 bits per heavy atom. The maximum atomic E-state index is 6.17. The zero-order valence-electron chi connectivity index (χ0n) is 16.9. The van der Waals surface area contributed by atoms with Crippen LogP contribution in [-0.4, -0.2) is 61.3 Å². The summed E-state index contributed by atoms with van der Waals surface area (Å²) in [6.07, 6.45) is 0. The molecule has 0 amide bonds. The highest BCUT2D eigenvalue weighted by molar-refractivity contribution is 6.62. The van der Waals surface area contributed by atoms with Gasteiger partial charge in [0.15, 0.2) is 0 Å². The Balaban J connectivity index is 1.74. The molecule has 2 saturated heterocycles. The Labute approximate surface area is 153 Å². The summed E-state index contributed by atoms with van der Waals surface area (Å²) < 4.78 is 12.3. The summed E-state index contributed by atoms with van der Waals surface area (Å²) in [5.41, 5.74) is 1.88. The van der Waals surface area contributed by atoms with Gasteiger partial charge in [-0.3, -0.25) is 4.90 Å². The lowest BCUT2D eigenvalue weighted by molar-refractivity contribution is 0.00578. The fourth-order valence-electron chi connectivity index (χ4n) is 3.58. The Morgan fingerprint density at radius 2 is 1.36 bits per heavy atom. The highest BCUT2D eigenvalue weighted by Gasteiger charge is 2.51. The molecule has 0 bridgehead atoms. The van der Waals surface area contributed by atoms with Crippen molar-refractivity contribution < 1.29 is 9.31 Å². The van der Waals surface area contributed by atoms with E-state index in [1.165, 1.54) is 5.56 Å². The predicted octanol–water partition coefficient (Wildman–Crippen LogP) is 2.47. The van der Waals surface area contributed by atoms with Crippen LogP contribution in [0.5, 0.6) is 0 Å². The summed E-state index contributed by atoms with van der Waals surface area (Å²) in [4.78, 5) is 4.98. The number of piperazine rings is 1. The van der Waals surface area contributed by atoms with Crippen LogP contribution in [0.1, 0.15) is 47.1 Å². The summed E-state index contributed by atoms with van der Waals surface area (Å²) in [5.74, 6) is 0. The minimum atomic E-state index is -0.296. The second-order valence-electron chi connectivity index (χ2n) is 9.06. The fraction of sp³-hybridized carbons (Fsp3) is 0.700. The maximum Gasteiger partial charge on any atom is 0.494 e. The summed E-state index contributed by atoms with van der Waals surface area (Å²) in [6, 6.07) is 8.79. The second kappa shape index (κ2) is 6.38. The third kappa shape index (κ3) is 3.52. The SMILES string of the molecule is CN1CCN(C(C)(C)c2ccc(B3OC(C)(C)C(C)(C)O3)cc2)CC1. The monoisotopic (exact) mass is 344 g/mol. The molecule has 138 valence electrons. The van der Waals surface area contributed by atoms with E-state index in [1.807, 2.05) is 0 Å². The Morgan fingerprint density at radius 3 is 1.84 bits per heavy atom. The van der Waals surface area contributed by atoms with Crippen LogP contribution < -0.4 is 5.46 Å². The lowest BCUT2D eigenvalue weighted by atomic mass is 9.77. The molecule has 2 heterocycles. The van der Waals surface area contributed by atoms with Crippen LogP contribution in [0.25, 0.3) is 0 Å². The number of rotatable bonds is 3. The summed E-state index contributed by atoms with van der Waals surface area (Å²) >= 11 is 0. The Bertz CT molecular complexity index is 589. The smallest absolute Gasteiger partial charge is 0.399 e. The quantitative estimate of drug-likeness (QED) is 0.787. The van der Waals surface area contributed by atoms with Crippen molar-refractivity contribution in [1.82, 2.24) is 9.80 Å². The number of hydrogen-bond donors (Lipinski definition) is 0. The molecule has 0 aromatic heterocycles. The molecule has 2 aliphatic rings. The molecule has 3 rings (SSSR count). The topological polar surface area (TPSA) is 24.9 Å². The highest BCUT2D eigenvalue weighted by Crippen LogP contribution is 2.36. The molecule has 5 heteroatoms. The second-order valence-corrected chi connectivity index (χ2v) is 9.06. The lowest BCUT2D eigenvalue weighted by Gasteiger charge is -2.43. The van der Waals surface area contributed by atoms with Gasteiger partial charge in [-0.15, -0.1) is 0 Å². The summed E-state index contributed by atoms with van der Waals surface area (Å²) in [6.45, 7) is 17.5. The van der Waals surface area contributed by atoms with Crippen LogP contribution in [0.3, 0.4) is 0 Å². The Hall–Kier alpha value is -0.875. The van der Waals surface area contributed by atoms with Gasteiger partial charge in [-0.2, -0.15) is 0 Å². The molecule has 25 heavy (non-hydrogen) atoms. The molecule has 1 aromatic carbocycles. The molecule has 2 fully saturated rings. The molecule has 0 saturated carbocycles. The van der Waals surface area contributed by atoms with Crippen molar-refractivity contribution in [3.63, 3.8) is 0 Å². The molecule has 2 aliphatic heterocycles. The molecular weight excluding hydrogens is 311 g/mol. The van der Waals surface area contributed by atoms with Crippen molar-refractivity contribution in [2.75, 3.05) is 33.2 Å². The lowest BCUT2D eigenvalue weighted by Crippen LogP contribution is -2.52. The van der Waals surface area contributed by atoms with Gasteiger partial charge in [-0.05, 0) is 59.6 Å². The van der Waals surface area contributed by atoms with Gasteiger partial charge in [0.1, 0.15) is 0 Å². The van der Waals surface area contributed by atoms with Crippen LogP contribution in [0.15, 0.2) is 24.3 Å². The van der Waals surface area contributed by atoms with Gasteiger partial charge in [0, 0.05) is 31.7 Å². The minimum Gasteiger partial charge on any atom is -0.399 e. The van der Waals surface area contributed by atoms with E-state index < -0.39 is 0 Å². The van der Waals surface area contributed by atoms with E-state index in [0.29, 0.717) is 0 Å². The normalized spacial score (nSPS) is 24.7. The molecule has 0 spiro atoms. The van der Waals surface area contributed by atoms with Crippen molar-refractivity contribution in [2.24, 2.45) is 0 Å². The molecule has 1 aromatic rings. The molecule has 0 N–H and O–H groups in total. The molecule has 0 unspecified atom stereocenters. The van der Waals surface area contributed by atoms with E-state index in [1.54, 1.807) is 0 Å². The number of benzene rings is 1. The van der Waals surface area contributed by atoms with Gasteiger partial charge in [-0.1, -0.05) is 24.3 Å². The first-order valence-corrected chi connectivity index (χ1v) is 9.43. The van der Waals surface area contributed by atoms with Crippen LogP contribution in [0, 0.1) is 0 Å². The molecular formula is C20H33BN2O2. The predicted molar refractivity (Wildman–Crippen MR) is 104 cm³/mol. The van der Waals surface area contributed by atoms with Crippen LogP contribution in [0.2, 0.25) is 0 Å². The van der Waals surface area contributed by atoms with Crippen LogP contribution >= 0.6 is 0 Å². The van der Waals surface area contributed by atoms with Crippen molar-refractivity contribution in [3.8, 4) is 0 Å².